The molecule has 8 heavy (non-hydrogen) atoms. The average molecular weight is 146 g/mol. The zero-order valence-corrected chi connectivity index (χ0v) is 5.38. The van der Waals surface area contributed by atoms with Gasteiger partial charge in [-0.25, -0.2) is 4.79 Å². The van der Waals surface area contributed by atoms with E-state index in [1.54, 1.807) is 0 Å². The van der Waals surface area contributed by atoms with Gasteiger partial charge in [0.1, 0.15) is 0 Å². The highest BCUT2D eigenvalue weighted by atomic mass is 32.1. The second-order valence-corrected chi connectivity index (χ2v) is 2.59. The summed E-state index contributed by atoms with van der Waals surface area (Å²) in [4.78, 5) is 16.0. The van der Waals surface area contributed by atoms with Crippen molar-refractivity contribution in [3.8, 4) is 0 Å². The first-order valence-corrected chi connectivity index (χ1v) is 3.12. The monoisotopic (exact) mass is 146 g/mol. The van der Waals surface area contributed by atoms with Gasteiger partial charge >= 0.3 is 5.69 Å². The molecule has 0 unspecified atom stereocenters. The lowest BCUT2D eigenvalue weighted by Gasteiger charge is -1.74. The van der Waals surface area contributed by atoms with Gasteiger partial charge in [0.05, 0.1) is 5.51 Å². The van der Waals surface area contributed by atoms with Crippen LogP contribution in [0.2, 0.25) is 0 Å². The van der Waals surface area contributed by atoms with Gasteiger partial charge < -0.3 is 0 Å². The van der Waals surface area contributed by atoms with Crippen LogP contribution in [0.1, 0.15) is 0 Å². The van der Waals surface area contributed by atoms with Crippen LogP contribution in [-0.4, -0.2) is 9.97 Å². The van der Waals surface area contributed by atoms with Gasteiger partial charge in [-0.2, -0.15) is 4.98 Å². The van der Waals surface area contributed by atoms with Crippen molar-refractivity contribution in [2.45, 2.75) is 0 Å². The smallest absolute Gasteiger partial charge is 0.288 e. The first-order valence-electron chi connectivity index (χ1n) is 1.83. The summed E-state index contributed by atoms with van der Waals surface area (Å²) in [6.45, 7) is 0. The van der Waals surface area contributed by atoms with Crippen LogP contribution >= 0.6 is 23.6 Å². The number of nitrogens with one attached hydrogen (secondary N) is 1. The van der Waals surface area contributed by atoms with Crippen LogP contribution in [0.3, 0.4) is 0 Å². The van der Waals surface area contributed by atoms with E-state index in [2.05, 4.69) is 22.2 Å². The molecular formula is C3H2N2OS2. The maximum absolute atomic E-state index is 10.3. The summed E-state index contributed by atoms with van der Waals surface area (Å²) in [5, 5.41) is 0. The lowest BCUT2D eigenvalue weighted by molar-refractivity contribution is 1.11. The zero-order valence-electron chi connectivity index (χ0n) is 3.75. The third-order valence-electron chi connectivity index (χ3n) is 0.539. The van der Waals surface area contributed by atoms with Crippen LogP contribution in [0.4, 0.5) is 0 Å². The average Bonchev–Trinajstić information content (AvgIpc) is 1.64. The molecule has 3 nitrogen and oxygen atoms in total. The number of aromatic nitrogens is 2. The number of hydrogen-bond donors (Lipinski definition) is 1. The quantitative estimate of drug-likeness (QED) is 0.544. The maximum Gasteiger partial charge on any atom is 0.347 e. The van der Waals surface area contributed by atoms with Crippen molar-refractivity contribution in [1.82, 2.24) is 9.97 Å². The lowest BCUT2D eigenvalue weighted by atomic mass is 11.2. The van der Waals surface area contributed by atoms with E-state index in [9.17, 15) is 4.79 Å². The highest BCUT2D eigenvalue weighted by Crippen LogP contribution is 1.85. The summed E-state index contributed by atoms with van der Waals surface area (Å²) in [5.74, 6) is 0. The molecular weight excluding hydrogens is 144 g/mol. The van der Waals surface area contributed by atoms with Crippen molar-refractivity contribution in [2.24, 2.45) is 0 Å². The lowest BCUT2D eigenvalue weighted by Crippen LogP contribution is -2.06. The molecule has 1 aromatic heterocycles. The second-order valence-electron chi connectivity index (χ2n) is 1.07. The summed E-state index contributed by atoms with van der Waals surface area (Å²) in [6, 6.07) is 0. The predicted molar refractivity (Wildman–Crippen MR) is 33.6 cm³/mol. The normalized spacial score (nSPS) is 9.00. The maximum atomic E-state index is 10.3. The molecule has 0 atom stereocenters. The molecule has 0 bridgehead atoms. The Morgan fingerprint density at radius 2 is 2.62 bits per heavy atom. The largest absolute Gasteiger partial charge is 0.347 e. The molecule has 0 fully saturated rings. The van der Waals surface area contributed by atoms with Crippen molar-refractivity contribution in [3.63, 3.8) is 0 Å². The fourth-order valence-corrected chi connectivity index (χ4v) is 0.878. The number of hydrogen-bond acceptors (Lipinski definition) is 4. The van der Waals surface area contributed by atoms with E-state index in [-0.39, 0.29) is 5.69 Å². The van der Waals surface area contributed by atoms with Gasteiger partial charge in [-0.05, 0) is 12.2 Å². The minimum atomic E-state index is -0.381. The predicted octanol–water partition coefficient (Wildman–Crippen LogP) is 0.561. The van der Waals surface area contributed by atoms with Gasteiger partial charge in [-0.1, -0.05) is 11.3 Å². The van der Waals surface area contributed by atoms with E-state index in [1.165, 1.54) is 16.8 Å². The molecule has 0 aliphatic heterocycles. The Kier molecular flexibility index (Phi) is 1.50. The van der Waals surface area contributed by atoms with Crippen molar-refractivity contribution >= 4 is 23.6 Å². The molecule has 0 radical (unpaired) electrons. The minimum Gasteiger partial charge on any atom is -0.288 e. The van der Waals surface area contributed by atoms with E-state index >= 15 is 0 Å². The molecule has 0 amide bonds. The molecule has 1 aromatic rings. The van der Waals surface area contributed by atoms with Crippen LogP contribution in [-0.2, 0) is 0 Å². The van der Waals surface area contributed by atoms with E-state index < -0.39 is 0 Å². The molecule has 0 saturated carbocycles. The van der Waals surface area contributed by atoms with E-state index in [0.717, 1.165) is 0 Å². The Balaban J connectivity index is 3.50. The fourth-order valence-electron chi connectivity index (χ4n) is 0.271. The van der Waals surface area contributed by atoms with E-state index in [0.29, 0.717) is 3.95 Å². The second kappa shape index (κ2) is 2.15. The van der Waals surface area contributed by atoms with Crippen LogP contribution in [0.25, 0.3) is 0 Å². The summed E-state index contributed by atoms with van der Waals surface area (Å²) in [6.07, 6.45) is 0. The Morgan fingerprint density at radius 1 is 1.88 bits per heavy atom. The highest BCUT2D eigenvalue weighted by Gasteiger charge is 1.77. The molecule has 0 aliphatic carbocycles. The first-order chi connectivity index (χ1) is 3.79. The van der Waals surface area contributed by atoms with Gasteiger partial charge in [0.25, 0.3) is 0 Å². The number of rotatable bonds is 0. The topological polar surface area (TPSA) is 45.8 Å². The summed E-state index contributed by atoms with van der Waals surface area (Å²) >= 11 is 5.85. The molecule has 5 heteroatoms. The highest BCUT2D eigenvalue weighted by molar-refractivity contribution is 7.73. The van der Waals surface area contributed by atoms with Crippen LogP contribution < -0.4 is 5.69 Å². The first kappa shape index (κ1) is 5.58. The third kappa shape index (κ3) is 1.21. The third-order valence-corrected chi connectivity index (χ3v) is 1.46. The SMILES string of the molecule is O=c1ncsc(=S)[nH]1. The minimum absolute atomic E-state index is 0.381. The van der Waals surface area contributed by atoms with Crippen molar-refractivity contribution in [2.75, 3.05) is 0 Å². The molecule has 0 aromatic carbocycles. The molecule has 0 aliphatic rings. The van der Waals surface area contributed by atoms with Gasteiger partial charge in [0.15, 0.2) is 3.95 Å². The molecule has 1 rings (SSSR count). The number of H-pyrrole nitrogens is 1. The van der Waals surface area contributed by atoms with Gasteiger partial charge in [0, 0.05) is 0 Å². The number of aromatic amines is 1. The zero-order chi connectivity index (χ0) is 5.98. The van der Waals surface area contributed by atoms with Gasteiger partial charge in [-0.15, -0.1) is 0 Å². The Morgan fingerprint density at radius 3 is 3.00 bits per heavy atom. The van der Waals surface area contributed by atoms with Crippen molar-refractivity contribution in [3.05, 3.63) is 19.9 Å². The van der Waals surface area contributed by atoms with Crippen molar-refractivity contribution < 1.29 is 0 Å². The molecule has 42 valence electrons. The van der Waals surface area contributed by atoms with Crippen molar-refractivity contribution in [1.29, 1.82) is 0 Å². The standard InChI is InChI=1S/C3H2N2OS2/c6-2-4-1-8-3(7)5-2/h1H,(H,5,6,7). The van der Waals surface area contributed by atoms with Gasteiger partial charge in [0.2, 0.25) is 0 Å². The molecule has 1 N–H and O–H groups in total. The van der Waals surface area contributed by atoms with Crippen LogP contribution in [0, 0.1) is 3.95 Å². The van der Waals surface area contributed by atoms with E-state index in [4.69, 9.17) is 0 Å². The van der Waals surface area contributed by atoms with E-state index in [1.807, 2.05) is 0 Å². The summed E-state index contributed by atoms with van der Waals surface area (Å²) in [5.41, 5.74) is 1.04. The molecule has 0 saturated heterocycles. The Bertz CT molecular complexity index is 250. The van der Waals surface area contributed by atoms with Crippen LogP contribution in [0.5, 0.6) is 0 Å². The summed E-state index contributed by atoms with van der Waals surface area (Å²) in [7, 11) is 0. The summed E-state index contributed by atoms with van der Waals surface area (Å²) < 4.78 is 0.463. The fraction of sp³-hybridized carbons (Fsp3) is 0. The molecule has 0 spiro atoms. The Labute approximate surface area is 54.0 Å². The van der Waals surface area contributed by atoms with Gasteiger partial charge in [-0.3, -0.25) is 4.98 Å². The van der Waals surface area contributed by atoms with Crippen LogP contribution in [0.15, 0.2) is 10.3 Å². The number of nitrogens with zero attached hydrogens (tertiary/aromatic N) is 1. The Hall–Kier alpha value is -0.550. The molecule has 1 heterocycles.